The van der Waals surface area contributed by atoms with Crippen molar-refractivity contribution < 1.29 is 9.53 Å². The van der Waals surface area contributed by atoms with Gasteiger partial charge in [-0.2, -0.15) is 0 Å². The highest BCUT2D eigenvalue weighted by Crippen LogP contribution is 2.38. The zero-order valence-corrected chi connectivity index (χ0v) is 23.8. The van der Waals surface area contributed by atoms with Crippen molar-refractivity contribution in [3.05, 3.63) is 64.9 Å². The van der Waals surface area contributed by atoms with E-state index < -0.39 is 0 Å². The summed E-state index contributed by atoms with van der Waals surface area (Å²) in [5.41, 5.74) is 2.01. The van der Waals surface area contributed by atoms with Crippen LogP contribution in [0.3, 0.4) is 0 Å². The number of amides is 1. The van der Waals surface area contributed by atoms with E-state index in [4.69, 9.17) is 4.74 Å². The topological polar surface area (TPSA) is 41.9 Å². The standard InChI is InChI=1S/C23H23Br2IN2O2S/c1-13(2)27-23-28(14(3)4)22(29)20(31-23)11-16-9-18(24)21(19(25)10-16)30-12-15-5-7-17(26)8-6-15/h5-11,13-14H,12H2,1-4H3/b20-11+,27-23?. The number of carbonyl (C=O) groups excluding carboxylic acids is 1. The molecule has 164 valence electrons. The zero-order valence-electron chi connectivity index (χ0n) is 17.7. The van der Waals surface area contributed by atoms with Gasteiger partial charge in [0, 0.05) is 15.7 Å². The maximum atomic E-state index is 13.0. The molecule has 31 heavy (non-hydrogen) atoms. The largest absolute Gasteiger partial charge is 0.487 e. The first-order valence-corrected chi connectivity index (χ1v) is 13.3. The van der Waals surface area contributed by atoms with E-state index in [1.54, 1.807) is 4.90 Å². The average Bonchev–Trinajstić information content (AvgIpc) is 2.96. The molecule has 1 amide bonds. The van der Waals surface area contributed by atoms with Crippen molar-refractivity contribution in [2.75, 3.05) is 0 Å². The minimum Gasteiger partial charge on any atom is -0.487 e. The van der Waals surface area contributed by atoms with E-state index in [2.05, 4.69) is 83.7 Å². The summed E-state index contributed by atoms with van der Waals surface area (Å²) in [6.07, 6.45) is 1.91. The number of ether oxygens (including phenoxy) is 1. The van der Waals surface area contributed by atoms with E-state index in [1.807, 2.05) is 45.9 Å². The van der Waals surface area contributed by atoms with Crippen LogP contribution in [0.5, 0.6) is 5.75 Å². The number of aliphatic imine (C=N–C) groups is 1. The van der Waals surface area contributed by atoms with Crippen LogP contribution >= 0.6 is 66.2 Å². The lowest BCUT2D eigenvalue weighted by Gasteiger charge is -2.20. The third-order valence-corrected chi connectivity index (χ3v) is 7.23. The van der Waals surface area contributed by atoms with E-state index in [0.717, 1.165) is 31.0 Å². The Morgan fingerprint density at radius 2 is 1.74 bits per heavy atom. The highest BCUT2D eigenvalue weighted by Gasteiger charge is 2.35. The summed E-state index contributed by atoms with van der Waals surface area (Å²) in [6.45, 7) is 8.51. The van der Waals surface area contributed by atoms with Gasteiger partial charge < -0.3 is 4.74 Å². The second kappa shape index (κ2) is 10.9. The second-order valence-corrected chi connectivity index (χ2v) is 11.6. The predicted molar refractivity (Wildman–Crippen MR) is 145 cm³/mol. The Hall–Kier alpha value is -0.840. The molecule has 0 aliphatic carbocycles. The number of amidine groups is 1. The van der Waals surface area contributed by atoms with E-state index in [9.17, 15) is 4.79 Å². The van der Waals surface area contributed by atoms with Gasteiger partial charge >= 0.3 is 0 Å². The Labute approximate surface area is 218 Å². The molecule has 0 bridgehead atoms. The Morgan fingerprint density at radius 3 is 2.29 bits per heavy atom. The molecular weight excluding hydrogens is 655 g/mol. The first-order valence-electron chi connectivity index (χ1n) is 9.83. The minimum absolute atomic E-state index is 0.00863. The van der Waals surface area contributed by atoms with Crippen molar-refractivity contribution in [2.45, 2.75) is 46.4 Å². The van der Waals surface area contributed by atoms with Crippen molar-refractivity contribution >= 4 is 83.4 Å². The fraction of sp³-hybridized carbons (Fsp3) is 0.304. The third kappa shape index (κ3) is 6.36. The lowest BCUT2D eigenvalue weighted by atomic mass is 10.2. The highest BCUT2D eigenvalue weighted by molar-refractivity contribution is 14.1. The molecule has 1 saturated heterocycles. The molecule has 1 aliphatic rings. The molecule has 8 heteroatoms. The van der Waals surface area contributed by atoms with Crippen LogP contribution in [0.2, 0.25) is 0 Å². The minimum atomic E-state index is -0.00863. The zero-order chi connectivity index (χ0) is 22.7. The summed E-state index contributed by atoms with van der Waals surface area (Å²) < 4.78 is 8.88. The Kier molecular flexibility index (Phi) is 8.68. The van der Waals surface area contributed by atoms with Crippen LogP contribution in [-0.4, -0.2) is 28.1 Å². The molecule has 0 spiro atoms. The van der Waals surface area contributed by atoms with Gasteiger partial charge in [-0.25, -0.2) is 0 Å². The third-order valence-electron chi connectivity index (χ3n) is 4.34. The number of benzene rings is 2. The molecule has 0 radical (unpaired) electrons. The van der Waals surface area contributed by atoms with Crippen LogP contribution in [0.1, 0.15) is 38.8 Å². The van der Waals surface area contributed by atoms with Gasteiger partial charge in [0.2, 0.25) is 0 Å². The Bertz CT molecular complexity index is 1010. The average molecular weight is 678 g/mol. The second-order valence-electron chi connectivity index (χ2n) is 7.61. The van der Waals surface area contributed by atoms with Gasteiger partial charge in [0.25, 0.3) is 5.91 Å². The molecule has 1 aliphatic heterocycles. The van der Waals surface area contributed by atoms with Crippen molar-refractivity contribution in [2.24, 2.45) is 4.99 Å². The molecule has 3 rings (SSSR count). The molecule has 4 nitrogen and oxygen atoms in total. The summed E-state index contributed by atoms with van der Waals surface area (Å²) in [5, 5.41) is 0.761. The summed E-state index contributed by atoms with van der Waals surface area (Å²) in [7, 11) is 0. The van der Waals surface area contributed by atoms with Crippen LogP contribution in [0, 0.1) is 3.57 Å². The van der Waals surface area contributed by atoms with Crippen LogP contribution in [0.15, 0.2) is 55.2 Å². The summed E-state index contributed by atoms with van der Waals surface area (Å²) in [5.74, 6) is 0.725. The van der Waals surface area contributed by atoms with Gasteiger partial charge in [-0.05, 0) is 135 Å². The molecule has 0 aromatic heterocycles. The number of hydrogen-bond donors (Lipinski definition) is 0. The molecule has 1 fully saturated rings. The quantitative estimate of drug-likeness (QED) is 0.235. The van der Waals surface area contributed by atoms with Gasteiger partial charge in [0.15, 0.2) is 5.17 Å². The van der Waals surface area contributed by atoms with Gasteiger partial charge in [0.1, 0.15) is 12.4 Å². The molecule has 2 aromatic rings. The smallest absolute Gasteiger partial charge is 0.266 e. The summed E-state index contributed by atoms with van der Waals surface area (Å²) >= 11 is 10.9. The molecule has 2 aromatic carbocycles. The Balaban J connectivity index is 1.83. The van der Waals surface area contributed by atoms with Crippen LogP contribution < -0.4 is 4.74 Å². The fourth-order valence-electron chi connectivity index (χ4n) is 2.94. The fourth-order valence-corrected chi connectivity index (χ4v) is 5.98. The van der Waals surface area contributed by atoms with Crippen molar-refractivity contribution in [1.82, 2.24) is 4.90 Å². The first kappa shape index (κ1) is 24.8. The van der Waals surface area contributed by atoms with Gasteiger partial charge in [-0.1, -0.05) is 12.1 Å². The molecule has 0 N–H and O–H groups in total. The maximum Gasteiger partial charge on any atom is 0.266 e. The number of thioether (sulfide) groups is 1. The number of halogens is 3. The van der Waals surface area contributed by atoms with E-state index >= 15 is 0 Å². The first-order chi connectivity index (χ1) is 14.7. The monoisotopic (exact) mass is 676 g/mol. The molecule has 0 saturated carbocycles. The van der Waals surface area contributed by atoms with E-state index in [-0.39, 0.29) is 18.0 Å². The lowest BCUT2D eigenvalue weighted by molar-refractivity contribution is -0.123. The summed E-state index contributed by atoms with van der Waals surface area (Å²) in [4.78, 5) is 20.0. The van der Waals surface area contributed by atoms with Crippen LogP contribution in [0.4, 0.5) is 0 Å². The number of rotatable bonds is 6. The highest BCUT2D eigenvalue weighted by atomic mass is 127. The number of nitrogens with zero attached hydrogens (tertiary/aromatic N) is 2. The van der Waals surface area contributed by atoms with Crippen molar-refractivity contribution in [3.63, 3.8) is 0 Å². The normalized spacial score (nSPS) is 16.9. The van der Waals surface area contributed by atoms with Gasteiger partial charge in [0.05, 0.1) is 13.9 Å². The number of hydrogen-bond acceptors (Lipinski definition) is 4. The van der Waals surface area contributed by atoms with Crippen LogP contribution in [0.25, 0.3) is 6.08 Å². The van der Waals surface area contributed by atoms with Crippen molar-refractivity contribution in [1.29, 1.82) is 0 Å². The molecular formula is C23H23Br2IN2O2S. The van der Waals surface area contributed by atoms with E-state index in [1.165, 1.54) is 15.3 Å². The predicted octanol–water partition coefficient (Wildman–Crippen LogP) is 7.48. The maximum absolute atomic E-state index is 13.0. The SMILES string of the molecule is CC(C)N=C1S/C(=C/c2cc(Br)c(OCc3ccc(I)cc3)c(Br)c2)C(=O)N1C(C)C. The molecule has 0 unspecified atom stereocenters. The Morgan fingerprint density at radius 1 is 1.13 bits per heavy atom. The van der Waals surface area contributed by atoms with Gasteiger partial charge in [-0.15, -0.1) is 0 Å². The van der Waals surface area contributed by atoms with Gasteiger partial charge in [-0.3, -0.25) is 14.7 Å². The number of carbonyl (C=O) groups is 1. The summed E-state index contributed by atoms with van der Waals surface area (Å²) in [6, 6.07) is 12.4. The molecule has 0 atom stereocenters. The van der Waals surface area contributed by atoms with Crippen LogP contribution in [-0.2, 0) is 11.4 Å². The van der Waals surface area contributed by atoms with E-state index in [0.29, 0.717) is 11.5 Å². The van der Waals surface area contributed by atoms with Crippen molar-refractivity contribution in [3.8, 4) is 5.75 Å². The lowest BCUT2D eigenvalue weighted by Crippen LogP contribution is -2.35. The molecule has 1 heterocycles.